The largest absolute Gasteiger partial charge is 0.399 e. The number of nitrogen functional groups attached to an aromatic ring is 1. The van der Waals surface area contributed by atoms with Crippen molar-refractivity contribution in [3.8, 4) is 11.3 Å². The molecule has 3 rings (SSSR count). The quantitative estimate of drug-likeness (QED) is 0.661. The zero-order chi connectivity index (χ0) is 14.8. The number of hydrogen-bond acceptors (Lipinski definition) is 3. The molecule has 1 heterocycles. The molecule has 0 amide bonds. The fourth-order valence-corrected chi connectivity index (χ4v) is 3.42. The Balaban J connectivity index is 1.89. The van der Waals surface area contributed by atoms with Crippen LogP contribution < -0.4 is 5.73 Å². The first-order valence-corrected chi connectivity index (χ1v) is 8.00. The summed E-state index contributed by atoms with van der Waals surface area (Å²) in [7, 11) is 0. The van der Waals surface area contributed by atoms with Crippen LogP contribution in [0.2, 0.25) is 10.0 Å². The van der Waals surface area contributed by atoms with Crippen LogP contribution in [0.3, 0.4) is 0 Å². The van der Waals surface area contributed by atoms with Crippen LogP contribution in [0.15, 0.2) is 47.8 Å². The van der Waals surface area contributed by atoms with Gasteiger partial charge in [-0.05, 0) is 29.8 Å². The Hall–Kier alpha value is -1.55. The van der Waals surface area contributed by atoms with Crippen LogP contribution in [0.25, 0.3) is 11.3 Å². The second-order valence-electron chi connectivity index (χ2n) is 4.63. The third-order valence-electron chi connectivity index (χ3n) is 3.12. The van der Waals surface area contributed by atoms with Gasteiger partial charge in [0, 0.05) is 33.1 Å². The van der Waals surface area contributed by atoms with E-state index >= 15 is 0 Å². The highest BCUT2D eigenvalue weighted by atomic mass is 35.5. The predicted octanol–water partition coefficient (Wildman–Crippen LogP) is 5.29. The van der Waals surface area contributed by atoms with Gasteiger partial charge in [-0.1, -0.05) is 41.4 Å². The maximum Gasteiger partial charge on any atom is 0.0977 e. The van der Waals surface area contributed by atoms with Crippen molar-refractivity contribution in [1.82, 2.24) is 4.98 Å². The summed E-state index contributed by atoms with van der Waals surface area (Å²) < 4.78 is 0. The van der Waals surface area contributed by atoms with E-state index in [1.54, 1.807) is 11.3 Å². The fraction of sp³-hybridized carbons (Fsp3) is 0.0625. The smallest absolute Gasteiger partial charge is 0.0977 e. The van der Waals surface area contributed by atoms with Gasteiger partial charge in [0.2, 0.25) is 0 Å². The van der Waals surface area contributed by atoms with Crippen LogP contribution in [-0.4, -0.2) is 4.98 Å². The molecule has 0 saturated heterocycles. The normalized spacial score (nSPS) is 10.8. The zero-order valence-corrected chi connectivity index (χ0v) is 13.3. The van der Waals surface area contributed by atoms with Crippen molar-refractivity contribution >= 4 is 40.2 Å². The van der Waals surface area contributed by atoms with E-state index in [-0.39, 0.29) is 0 Å². The monoisotopic (exact) mass is 334 g/mol. The summed E-state index contributed by atoms with van der Waals surface area (Å²) in [4.78, 5) is 4.64. The van der Waals surface area contributed by atoms with E-state index in [0.29, 0.717) is 16.5 Å². The average molecular weight is 335 g/mol. The highest BCUT2D eigenvalue weighted by molar-refractivity contribution is 7.10. The van der Waals surface area contributed by atoms with Crippen LogP contribution >= 0.6 is 34.5 Å². The minimum atomic E-state index is 0.630. The molecule has 0 aliphatic rings. The van der Waals surface area contributed by atoms with Crippen molar-refractivity contribution in [2.75, 3.05) is 5.73 Å². The molecule has 2 aromatic carbocycles. The van der Waals surface area contributed by atoms with Gasteiger partial charge >= 0.3 is 0 Å². The molecule has 0 fully saturated rings. The third kappa shape index (κ3) is 3.21. The molecule has 106 valence electrons. The van der Waals surface area contributed by atoms with Crippen molar-refractivity contribution in [3.63, 3.8) is 0 Å². The van der Waals surface area contributed by atoms with Crippen LogP contribution in [-0.2, 0) is 6.42 Å². The number of nitrogens with two attached hydrogens (primary N) is 1. The molecule has 0 atom stereocenters. The summed E-state index contributed by atoms with van der Waals surface area (Å²) >= 11 is 14.0. The molecular weight excluding hydrogens is 323 g/mol. The third-order valence-corrected chi connectivity index (χ3v) is 4.68. The maximum absolute atomic E-state index is 6.20. The second-order valence-corrected chi connectivity index (χ2v) is 6.39. The molecule has 21 heavy (non-hydrogen) atoms. The molecule has 0 aliphatic heterocycles. The number of benzene rings is 2. The lowest BCUT2D eigenvalue weighted by Gasteiger charge is -2.04. The molecule has 0 aliphatic carbocycles. The summed E-state index contributed by atoms with van der Waals surface area (Å²) in [5.41, 5.74) is 9.39. The first-order chi connectivity index (χ1) is 10.1. The van der Waals surface area contributed by atoms with Gasteiger partial charge < -0.3 is 5.73 Å². The highest BCUT2D eigenvalue weighted by Gasteiger charge is 2.10. The summed E-state index contributed by atoms with van der Waals surface area (Å²) in [6.07, 6.45) is 0.630. The van der Waals surface area contributed by atoms with Crippen molar-refractivity contribution in [2.45, 2.75) is 6.42 Å². The maximum atomic E-state index is 6.20. The number of rotatable bonds is 3. The Morgan fingerprint density at radius 1 is 1.05 bits per heavy atom. The fourth-order valence-electron chi connectivity index (χ4n) is 2.08. The Bertz CT molecular complexity index is 763. The lowest BCUT2D eigenvalue weighted by molar-refractivity contribution is 1.14. The van der Waals surface area contributed by atoms with Crippen LogP contribution in [0.4, 0.5) is 5.69 Å². The Labute approximate surface area is 137 Å². The van der Waals surface area contributed by atoms with E-state index in [1.165, 1.54) is 0 Å². The summed E-state index contributed by atoms with van der Waals surface area (Å²) in [6.45, 7) is 0. The van der Waals surface area contributed by atoms with Gasteiger partial charge in [0.25, 0.3) is 0 Å². The Morgan fingerprint density at radius 2 is 1.76 bits per heavy atom. The van der Waals surface area contributed by atoms with Crippen LogP contribution in [0.5, 0.6) is 0 Å². The van der Waals surface area contributed by atoms with Gasteiger partial charge in [-0.15, -0.1) is 11.3 Å². The first-order valence-electron chi connectivity index (χ1n) is 6.36. The molecule has 2 N–H and O–H groups in total. The second kappa shape index (κ2) is 6.06. The lowest BCUT2D eigenvalue weighted by atomic mass is 10.1. The predicted molar refractivity (Wildman–Crippen MR) is 91.2 cm³/mol. The van der Waals surface area contributed by atoms with Crippen molar-refractivity contribution in [2.24, 2.45) is 0 Å². The molecule has 0 bridgehead atoms. The Morgan fingerprint density at radius 3 is 2.48 bits per heavy atom. The van der Waals surface area contributed by atoms with E-state index in [1.807, 2.05) is 47.8 Å². The molecular formula is C16H12Cl2N2S. The summed E-state index contributed by atoms with van der Waals surface area (Å²) in [6, 6.07) is 13.2. The number of hydrogen-bond donors (Lipinski definition) is 1. The van der Waals surface area contributed by atoms with Crippen molar-refractivity contribution < 1.29 is 0 Å². The first kappa shape index (κ1) is 14.4. The van der Waals surface area contributed by atoms with Crippen molar-refractivity contribution in [1.29, 1.82) is 0 Å². The highest BCUT2D eigenvalue weighted by Crippen LogP contribution is 2.30. The average Bonchev–Trinajstić information content (AvgIpc) is 2.92. The topological polar surface area (TPSA) is 38.9 Å². The van der Waals surface area contributed by atoms with E-state index in [4.69, 9.17) is 28.9 Å². The van der Waals surface area contributed by atoms with Crippen LogP contribution in [0, 0.1) is 0 Å². The van der Waals surface area contributed by atoms with E-state index in [9.17, 15) is 0 Å². The number of anilines is 1. The number of nitrogens with zero attached hydrogens (tertiary/aromatic N) is 1. The van der Waals surface area contributed by atoms with E-state index < -0.39 is 0 Å². The van der Waals surface area contributed by atoms with E-state index in [2.05, 4.69) is 4.98 Å². The van der Waals surface area contributed by atoms with Gasteiger partial charge in [0.1, 0.15) is 0 Å². The Kier molecular flexibility index (Phi) is 4.15. The molecule has 2 nitrogen and oxygen atoms in total. The molecule has 3 aromatic rings. The summed E-state index contributed by atoms with van der Waals surface area (Å²) in [5, 5.41) is 4.34. The number of halogens is 2. The molecule has 0 unspecified atom stereocenters. The van der Waals surface area contributed by atoms with Gasteiger partial charge in [-0.25, -0.2) is 4.98 Å². The minimum absolute atomic E-state index is 0.630. The minimum Gasteiger partial charge on any atom is -0.399 e. The van der Waals surface area contributed by atoms with Crippen molar-refractivity contribution in [3.05, 3.63) is 68.5 Å². The molecule has 0 radical (unpaired) electrons. The standard InChI is InChI=1S/C16H12Cl2N2S/c17-13-5-2-6-14(18)12(13)8-16-20-15(9-21-16)10-3-1-4-11(19)7-10/h1-7,9H,8,19H2. The van der Waals surface area contributed by atoms with E-state index in [0.717, 1.165) is 27.5 Å². The van der Waals surface area contributed by atoms with Gasteiger partial charge in [-0.3, -0.25) is 0 Å². The van der Waals surface area contributed by atoms with Gasteiger partial charge in [-0.2, -0.15) is 0 Å². The number of thiazole rings is 1. The molecule has 0 saturated carbocycles. The van der Waals surface area contributed by atoms with Gasteiger partial charge in [0.05, 0.1) is 10.7 Å². The SMILES string of the molecule is Nc1cccc(-c2csc(Cc3c(Cl)cccc3Cl)n2)c1. The molecule has 0 spiro atoms. The number of aromatic nitrogens is 1. The molecule has 1 aromatic heterocycles. The zero-order valence-electron chi connectivity index (χ0n) is 11.0. The summed E-state index contributed by atoms with van der Waals surface area (Å²) in [5.74, 6) is 0. The van der Waals surface area contributed by atoms with Gasteiger partial charge in [0.15, 0.2) is 0 Å². The lowest BCUT2D eigenvalue weighted by Crippen LogP contribution is -1.91. The van der Waals surface area contributed by atoms with Crippen LogP contribution in [0.1, 0.15) is 10.6 Å². The molecule has 5 heteroatoms.